The molecule has 0 saturated heterocycles. The van der Waals surface area contributed by atoms with Crippen LogP contribution in [-0.2, 0) is 0 Å². The predicted octanol–water partition coefficient (Wildman–Crippen LogP) is 4.24. The van der Waals surface area contributed by atoms with Crippen molar-refractivity contribution in [1.82, 2.24) is 0 Å². The van der Waals surface area contributed by atoms with E-state index in [9.17, 15) is 5.11 Å². The molecule has 2 aromatic rings. The molecule has 0 fully saturated rings. The highest BCUT2D eigenvalue weighted by atomic mass is 16.5. The molecule has 0 unspecified atom stereocenters. The summed E-state index contributed by atoms with van der Waals surface area (Å²) in [4.78, 5) is 0. The minimum Gasteiger partial charge on any atom is -0.492 e. The third-order valence-corrected chi connectivity index (χ3v) is 3.14. The van der Waals surface area contributed by atoms with Crippen molar-refractivity contribution in [3.8, 4) is 5.75 Å². The first kappa shape index (κ1) is 13.6. The molecule has 0 aromatic heterocycles. The van der Waals surface area contributed by atoms with E-state index in [1.165, 1.54) is 0 Å². The van der Waals surface area contributed by atoms with Crippen molar-refractivity contribution < 1.29 is 9.84 Å². The van der Waals surface area contributed by atoms with Crippen LogP contribution in [0.5, 0.6) is 5.75 Å². The van der Waals surface area contributed by atoms with E-state index in [1.54, 1.807) is 6.92 Å². The topological polar surface area (TPSA) is 29.5 Å². The van der Waals surface area contributed by atoms with Crippen LogP contribution in [0.2, 0.25) is 0 Å². The highest BCUT2D eigenvalue weighted by molar-refractivity contribution is 5.89. The van der Waals surface area contributed by atoms with Crippen LogP contribution in [-0.4, -0.2) is 11.7 Å². The van der Waals surface area contributed by atoms with Gasteiger partial charge >= 0.3 is 0 Å². The number of ether oxygens (including phenoxy) is 1. The third-order valence-electron chi connectivity index (χ3n) is 3.14. The van der Waals surface area contributed by atoms with Gasteiger partial charge in [-0.2, -0.15) is 0 Å². The van der Waals surface area contributed by atoms with Crippen molar-refractivity contribution in [3.05, 3.63) is 54.1 Å². The Balaban J connectivity index is 2.40. The lowest BCUT2D eigenvalue weighted by atomic mass is 10.0. The van der Waals surface area contributed by atoms with Crippen molar-refractivity contribution in [2.75, 3.05) is 6.61 Å². The minimum atomic E-state index is -0.538. The Morgan fingerprint density at radius 1 is 1.26 bits per heavy atom. The molecule has 0 bridgehead atoms. The predicted molar refractivity (Wildman–Crippen MR) is 79.5 cm³/mol. The molecule has 2 heteroatoms. The summed E-state index contributed by atoms with van der Waals surface area (Å²) in [6.45, 7) is 8.21. The van der Waals surface area contributed by atoms with Crippen molar-refractivity contribution in [3.63, 3.8) is 0 Å². The molecule has 19 heavy (non-hydrogen) atoms. The van der Waals surface area contributed by atoms with Gasteiger partial charge in [-0.15, -0.1) is 6.58 Å². The summed E-state index contributed by atoms with van der Waals surface area (Å²) in [7, 11) is 0. The van der Waals surface area contributed by atoms with Crippen LogP contribution in [0.15, 0.2) is 48.6 Å². The molecule has 100 valence electrons. The summed E-state index contributed by atoms with van der Waals surface area (Å²) in [5.41, 5.74) is 1.93. The molecule has 2 rings (SSSR count). The quantitative estimate of drug-likeness (QED) is 0.811. The second-order valence-corrected chi connectivity index (χ2v) is 4.94. The van der Waals surface area contributed by atoms with Gasteiger partial charge in [0.15, 0.2) is 0 Å². The zero-order valence-electron chi connectivity index (χ0n) is 11.5. The third kappa shape index (κ3) is 3.15. The summed E-state index contributed by atoms with van der Waals surface area (Å²) in [5.74, 6) is 0.786. The number of fused-ring (bicyclic) bond motifs is 1. The fraction of sp³-hybridized carbons (Fsp3) is 0.294. The number of aliphatic hydroxyl groups is 1. The van der Waals surface area contributed by atoms with Crippen LogP contribution >= 0.6 is 0 Å². The van der Waals surface area contributed by atoms with Gasteiger partial charge in [0.2, 0.25) is 0 Å². The lowest BCUT2D eigenvalue weighted by molar-refractivity contribution is 0.192. The van der Waals surface area contributed by atoms with Crippen molar-refractivity contribution >= 4 is 10.8 Å². The molecule has 2 nitrogen and oxygen atoms in total. The van der Waals surface area contributed by atoms with Crippen LogP contribution in [0, 0.1) is 0 Å². The van der Waals surface area contributed by atoms with E-state index >= 15 is 0 Å². The zero-order valence-corrected chi connectivity index (χ0v) is 11.5. The van der Waals surface area contributed by atoms with E-state index in [1.807, 2.05) is 43.3 Å². The van der Waals surface area contributed by atoms with Gasteiger partial charge in [0.1, 0.15) is 5.75 Å². The lowest BCUT2D eigenvalue weighted by Gasteiger charge is -2.16. The van der Waals surface area contributed by atoms with Crippen LogP contribution < -0.4 is 4.74 Å². The molecule has 0 radical (unpaired) electrons. The first-order chi connectivity index (χ1) is 9.09. The molecule has 0 saturated carbocycles. The molecule has 1 N–H and O–H groups in total. The SMILES string of the molecule is C=C(C)CCOc1c([C@H](C)O)ccc2ccccc12. The van der Waals surface area contributed by atoms with Gasteiger partial charge in [0, 0.05) is 17.4 Å². The normalized spacial score (nSPS) is 12.4. The molecular formula is C17H20O2. The number of benzene rings is 2. The number of rotatable bonds is 5. The first-order valence-corrected chi connectivity index (χ1v) is 6.56. The van der Waals surface area contributed by atoms with Crippen LogP contribution in [0.4, 0.5) is 0 Å². The Morgan fingerprint density at radius 3 is 2.68 bits per heavy atom. The summed E-state index contributed by atoms with van der Waals surface area (Å²) < 4.78 is 5.90. The zero-order chi connectivity index (χ0) is 13.8. The van der Waals surface area contributed by atoms with Crippen LogP contribution in [0.25, 0.3) is 10.8 Å². The van der Waals surface area contributed by atoms with E-state index in [4.69, 9.17) is 4.74 Å². The smallest absolute Gasteiger partial charge is 0.132 e. The van der Waals surface area contributed by atoms with Crippen LogP contribution in [0.1, 0.15) is 31.9 Å². The molecule has 0 aliphatic carbocycles. The monoisotopic (exact) mass is 256 g/mol. The summed E-state index contributed by atoms with van der Waals surface area (Å²) >= 11 is 0. The van der Waals surface area contributed by atoms with Gasteiger partial charge in [-0.3, -0.25) is 0 Å². The average molecular weight is 256 g/mol. The minimum absolute atomic E-state index is 0.538. The van der Waals surface area contributed by atoms with E-state index in [-0.39, 0.29) is 0 Å². The first-order valence-electron chi connectivity index (χ1n) is 6.56. The Bertz CT molecular complexity index is 585. The van der Waals surface area contributed by atoms with Crippen molar-refractivity contribution in [1.29, 1.82) is 0 Å². The Kier molecular flexibility index (Phi) is 4.23. The fourth-order valence-electron chi connectivity index (χ4n) is 2.08. The second-order valence-electron chi connectivity index (χ2n) is 4.94. The number of hydrogen-bond acceptors (Lipinski definition) is 2. The largest absolute Gasteiger partial charge is 0.492 e. The van der Waals surface area contributed by atoms with E-state index in [0.29, 0.717) is 6.61 Å². The van der Waals surface area contributed by atoms with E-state index in [2.05, 4.69) is 6.58 Å². The molecule has 0 aliphatic heterocycles. The molecule has 0 heterocycles. The van der Waals surface area contributed by atoms with Crippen molar-refractivity contribution in [2.24, 2.45) is 0 Å². The average Bonchev–Trinajstić information content (AvgIpc) is 2.38. The van der Waals surface area contributed by atoms with E-state index in [0.717, 1.165) is 34.1 Å². The maximum Gasteiger partial charge on any atom is 0.132 e. The molecule has 0 amide bonds. The lowest BCUT2D eigenvalue weighted by Crippen LogP contribution is -2.03. The summed E-state index contributed by atoms with van der Waals surface area (Å²) in [6, 6.07) is 12.0. The summed E-state index contributed by atoms with van der Waals surface area (Å²) in [6.07, 6.45) is 0.284. The van der Waals surface area contributed by atoms with Gasteiger partial charge in [0.05, 0.1) is 12.7 Å². The summed E-state index contributed by atoms with van der Waals surface area (Å²) in [5, 5.41) is 12.0. The fourth-order valence-corrected chi connectivity index (χ4v) is 2.08. The Hall–Kier alpha value is -1.80. The highest BCUT2D eigenvalue weighted by Crippen LogP contribution is 2.33. The highest BCUT2D eigenvalue weighted by Gasteiger charge is 2.12. The Morgan fingerprint density at radius 2 is 2.00 bits per heavy atom. The second kappa shape index (κ2) is 5.89. The maximum absolute atomic E-state index is 9.87. The van der Waals surface area contributed by atoms with Gasteiger partial charge in [-0.05, 0) is 19.2 Å². The van der Waals surface area contributed by atoms with Gasteiger partial charge in [0.25, 0.3) is 0 Å². The molecule has 0 aliphatic rings. The van der Waals surface area contributed by atoms with Gasteiger partial charge in [-0.25, -0.2) is 0 Å². The molecule has 1 atom stereocenters. The number of aliphatic hydroxyl groups excluding tert-OH is 1. The van der Waals surface area contributed by atoms with Gasteiger partial charge in [-0.1, -0.05) is 42.0 Å². The Labute approximate surface area is 114 Å². The standard InChI is InChI=1S/C17H20O2/c1-12(2)10-11-19-17-15(13(3)18)9-8-14-6-4-5-7-16(14)17/h4-9,13,18H,1,10-11H2,2-3H3/t13-/m0/s1. The molecule has 0 spiro atoms. The van der Waals surface area contributed by atoms with Crippen LogP contribution in [0.3, 0.4) is 0 Å². The van der Waals surface area contributed by atoms with Crippen molar-refractivity contribution in [2.45, 2.75) is 26.4 Å². The molecular weight excluding hydrogens is 236 g/mol. The van der Waals surface area contributed by atoms with Gasteiger partial charge < -0.3 is 9.84 Å². The number of hydrogen-bond donors (Lipinski definition) is 1. The maximum atomic E-state index is 9.87. The molecule has 2 aromatic carbocycles. The van der Waals surface area contributed by atoms with E-state index < -0.39 is 6.10 Å².